The van der Waals surface area contributed by atoms with Gasteiger partial charge in [-0.05, 0) is 32.9 Å². The van der Waals surface area contributed by atoms with Crippen LogP contribution >= 0.6 is 0 Å². The van der Waals surface area contributed by atoms with Crippen molar-refractivity contribution in [2.75, 3.05) is 12.4 Å². The Balaban J connectivity index is 1.75. The number of methoxy groups -OCH3 is 1. The zero-order valence-corrected chi connectivity index (χ0v) is 16.8. The van der Waals surface area contributed by atoms with Crippen LogP contribution in [-0.4, -0.2) is 38.3 Å². The molecule has 0 saturated carbocycles. The van der Waals surface area contributed by atoms with Gasteiger partial charge in [-0.2, -0.15) is 5.10 Å². The van der Waals surface area contributed by atoms with Crippen LogP contribution in [0.3, 0.4) is 0 Å². The standard InChI is InChI=1S/C20H23N5O4/c1-20(2,3)25-17-14(11-22-25)18(27)24(12-21-17)10-9-16(26)23-15-8-6-5-7-13(15)19(28)29-4/h5-8,11-12H,9-10H2,1-4H3,(H,23,26). The van der Waals surface area contributed by atoms with Crippen LogP contribution in [0.5, 0.6) is 0 Å². The van der Waals surface area contributed by atoms with Crippen LogP contribution < -0.4 is 10.9 Å². The maximum atomic E-state index is 12.7. The fourth-order valence-corrected chi connectivity index (χ4v) is 2.91. The quantitative estimate of drug-likeness (QED) is 0.661. The summed E-state index contributed by atoms with van der Waals surface area (Å²) in [7, 11) is 1.28. The zero-order valence-electron chi connectivity index (χ0n) is 16.8. The summed E-state index contributed by atoms with van der Waals surface area (Å²) in [5, 5.41) is 7.36. The Hall–Kier alpha value is -3.49. The molecule has 0 bridgehead atoms. The lowest BCUT2D eigenvalue weighted by Crippen LogP contribution is -2.26. The van der Waals surface area contributed by atoms with Crippen molar-refractivity contribution in [1.82, 2.24) is 19.3 Å². The van der Waals surface area contributed by atoms with Gasteiger partial charge < -0.3 is 10.1 Å². The number of benzene rings is 1. The molecule has 2 heterocycles. The third kappa shape index (κ3) is 4.18. The van der Waals surface area contributed by atoms with E-state index in [1.54, 1.807) is 28.9 Å². The van der Waals surface area contributed by atoms with Gasteiger partial charge in [0.25, 0.3) is 5.56 Å². The second-order valence-electron chi connectivity index (χ2n) is 7.54. The van der Waals surface area contributed by atoms with Crippen LogP contribution in [0, 0.1) is 0 Å². The number of hydrogen-bond acceptors (Lipinski definition) is 6. The predicted molar refractivity (Wildman–Crippen MR) is 108 cm³/mol. The fraction of sp³-hybridized carbons (Fsp3) is 0.350. The summed E-state index contributed by atoms with van der Waals surface area (Å²) in [5.74, 6) is -0.874. The van der Waals surface area contributed by atoms with Gasteiger partial charge in [0.1, 0.15) is 5.39 Å². The summed E-state index contributed by atoms with van der Waals surface area (Å²) in [4.78, 5) is 41.2. The highest BCUT2D eigenvalue weighted by atomic mass is 16.5. The number of fused-ring (bicyclic) bond motifs is 1. The normalized spacial score (nSPS) is 11.4. The Morgan fingerprint density at radius 2 is 1.93 bits per heavy atom. The summed E-state index contributed by atoms with van der Waals surface area (Å²) in [5.41, 5.74) is 0.568. The van der Waals surface area contributed by atoms with Gasteiger partial charge in [-0.25, -0.2) is 14.5 Å². The molecular formula is C20H23N5O4. The molecule has 1 N–H and O–H groups in total. The van der Waals surface area contributed by atoms with Crippen molar-refractivity contribution in [3.63, 3.8) is 0 Å². The minimum absolute atomic E-state index is 0.0377. The van der Waals surface area contributed by atoms with E-state index in [4.69, 9.17) is 4.74 Å². The van der Waals surface area contributed by atoms with Crippen LogP contribution in [0.1, 0.15) is 37.6 Å². The first-order valence-corrected chi connectivity index (χ1v) is 9.13. The minimum Gasteiger partial charge on any atom is -0.465 e. The Labute approximate surface area is 167 Å². The molecule has 29 heavy (non-hydrogen) atoms. The first kappa shape index (κ1) is 20.2. The summed E-state index contributed by atoms with van der Waals surface area (Å²) in [6.07, 6.45) is 2.96. The molecule has 0 atom stereocenters. The van der Waals surface area contributed by atoms with Gasteiger partial charge in [-0.15, -0.1) is 0 Å². The lowest BCUT2D eigenvalue weighted by atomic mass is 10.1. The molecule has 3 rings (SSSR count). The van der Waals surface area contributed by atoms with E-state index < -0.39 is 5.97 Å². The van der Waals surface area contributed by atoms with E-state index in [1.807, 2.05) is 20.8 Å². The van der Waals surface area contributed by atoms with Crippen molar-refractivity contribution in [3.05, 3.63) is 52.7 Å². The number of anilines is 1. The predicted octanol–water partition coefficient (Wildman–Crippen LogP) is 2.16. The molecule has 0 aliphatic heterocycles. The number of carbonyl (C=O) groups is 2. The maximum Gasteiger partial charge on any atom is 0.339 e. The molecule has 152 valence electrons. The highest BCUT2D eigenvalue weighted by Gasteiger charge is 2.20. The van der Waals surface area contributed by atoms with Gasteiger partial charge in [-0.1, -0.05) is 12.1 Å². The van der Waals surface area contributed by atoms with Crippen molar-refractivity contribution in [3.8, 4) is 0 Å². The highest BCUT2D eigenvalue weighted by Crippen LogP contribution is 2.18. The molecule has 0 unspecified atom stereocenters. The maximum absolute atomic E-state index is 12.7. The van der Waals surface area contributed by atoms with Gasteiger partial charge in [0, 0.05) is 13.0 Å². The number of esters is 1. The molecule has 0 spiro atoms. The van der Waals surface area contributed by atoms with Crippen molar-refractivity contribution in [2.45, 2.75) is 39.3 Å². The number of amides is 1. The molecule has 9 nitrogen and oxygen atoms in total. The number of aromatic nitrogens is 4. The number of nitrogens with zero attached hydrogens (tertiary/aromatic N) is 4. The van der Waals surface area contributed by atoms with Crippen LogP contribution in [0.4, 0.5) is 5.69 Å². The molecule has 3 aromatic rings. The van der Waals surface area contributed by atoms with Crippen molar-refractivity contribution in [2.24, 2.45) is 0 Å². The van der Waals surface area contributed by atoms with E-state index in [9.17, 15) is 14.4 Å². The lowest BCUT2D eigenvalue weighted by molar-refractivity contribution is -0.116. The van der Waals surface area contributed by atoms with E-state index in [1.165, 1.54) is 24.2 Å². The van der Waals surface area contributed by atoms with E-state index in [0.717, 1.165) is 0 Å². The Morgan fingerprint density at radius 1 is 1.21 bits per heavy atom. The van der Waals surface area contributed by atoms with E-state index in [2.05, 4.69) is 15.4 Å². The number of nitrogens with one attached hydrogen (secondary N) is 1. The third-order valence-corrected chi connectivity index (χ3v) is 4.38. The second-order valence-corrected chi connectivity index (χ2v) is 7.54. The van der Waals surface area contributed by atoms with Crippen LogP contribution in [-0.2, 0) is 21.6 Å². The smallest absolute Gasteiger partial charge is 0.339 e. The zero-order chi connectivity index (χ0) is 21.2. The molecule has 0 saturated heterocycles. The number of carbonyl (C=O) groups excluding carboxylic acids is 2. The van der Waals surface area contributed by atoms with Gasteiger partial charge in [-0.3, -0.25) is 14.2 Å². The first-order valence-electron chi connectivity index (χ1n) is 9.13. The lowest BCUT2D eigenvalue weighted by Gasteiger charge is -2.19. The van der Waals surface area contributed by atoms with Gasteiger partial charge >= 0.3 is 5.97 Å². The summed E-state index contributed by atoms with van der Waals surface area (Å²) >= 11 is 0. The van der Waals surface area contributed by atoms with Crippen LogP contribution in [0.15, 0.2) is 41.6 Å². The number of hydrogen-bond donors (Lipinski definition) is 1. The molecule has 1 amide bonds. The minimum atomic E-state index is -0.539. The van der Waals surface area contributed by atoms with Crippen molar-refractivity contribution >= 4 is 28.6 Å². The van der Waals surface area contributed by atoms with Gasteiger partial charge in [0.05, 0.1) is 36.4 Å². The number of ether oxygens (including phenoxy) is 1. The number of para-hydroxylation sites is 1. The molecule has 0 fully saturated rings. The number of aryl methyl sites for hydroxylation is 1. The van der Waals surface area contributed by atoms with Gasteiger partial charge in [0.2, 0.25) is 5.91 Å². The molecule has 9 heteroatoms. The Bertz CT molecular complexity index is 1120. The summed E-state index contributed by atoms with van der Waals surface area (Å²) < 4.78 is 7.80. The van der Waals surface area contributed by atoms with E-state index >= 15 is 0 Å². The first-order chi connectivity index (χ1) is 13.7. The molecule has 1 aromatic carbocycles. The van der Waals surface area contributed by atoms with Crippen LogP contribution in [0.2, 0.25) is 0 Å². The average Bonchev–Trinajstić information content (AvgIpc) is 3.13. The van der Waals surface area contributed by atoms with E-state index in [0.29, 0.717) is 16.7 Å². The average molecular weight is 397 g/mol. The fourth-order valence-electron chi connectivity index (χ4n) is 2.91. The van der Waals surface area contributed by atoms with Crippen molar-refractivity contribution < 1.29 is 14.3 Å². The molecule has 0 radical (unpaired) electrons. The molecule has 2 aromatic heterocycles. The van der Waals surface area contributed by atoms with Gasteiger partial charge in [0.15, 0.2) is 5.65 Å². The second kappa shape index (κ2) is 7.86. The van der Waals surface area contributed by atoms with Crippen molar-refractivity contribution in [1.29, 1.82) is 0 Å². The summed E-state index contributed by atoms with van der Waals surface area (Å²) in [6, 6.07) is 6.57. The monoisotopic (exact) mass is 397 g/mol. The molecular weight excluding hydrogens is 374 g/mol. The molecule has 0 aliphatic rings. The Kier molecular flexibility index (Phi) is 5.49. The SMILES string of the molecule is COC(=O)c1ccccc1NC(=O)CCn1cnc2c(cnn2C(C)(C)C)c1=O. The topological polar surface area (TPSA) is 108 Å². The molecule has 0 aliphatic carbocycles. The summed E-state index contributed by atoms with van der Waals surface area (Å²) in [6.45, 7) is 6.07. The Morgan fingerprint density at radius 3 is 2.62 bits per heavy atom. The largest absolute Gasteiger partial charge is 0.465 e. The number of rotatable bonds is 5. The van der Waals surface area contributed by atoms with E-state index in [-0.39, 0.29) is 35.5 Å². The van der Waals surface area contributed by atoms with Crippen LogP contribution in [0.25, 0.3) is 11.0 Å². The third-order valence-electron chi connectivity index (χ3n) is 4.38. The highest BCUT2D eigenvalue weighted by molar-refractivity contribution is 6.01.